The minimum atomic E-state index is -3.02. The van der Waals surface area contributed by atoms with Crippen molar-refractivity contribution in [3.8, 4) is 0 Å². The maximum atomic E-state index is 11.3. The highest BCUT2D eigenvalue weighted by atomic mass is 32.2. The Balaban J connectivity index is 2.39. The molecule has 0 aliphatic carbocycles. The van der Waals surface area contributed by atoms with Gasteiger partial charge in [0.25, 0.3) is 0 Å². The van der Waals surface area contributed by atoms with E-state index in [-0.39, 0.29) is 18.1 Å². The highest BCUT2D eigenvalue weighted by Crippen LogP contribution is 2.22. The van der Waals surface area contributed by atoms with E-state index in [0.29, 0.717) is 13.0 Å². The van der Waals surface area contributed by atoms with E-state index < -0.39 is 21.5 Å². The van der Waals surface area contributed by atoms with Gasteiger partial charge in [-0.2, -0.15) is 0 Å². The van der Waals surface area contributed by atoms with Crippen LogP contribution in [-0.4, -0.2) is 51.9 Å². The fourth-order valence-electron chi connectivity index (χ4n) is 1.61. The smallest absolute Gasteiger partial charge is 0.407 e. The third-order valence-electron chi connectivity index (χ3n) is 2.43. The van der Waals surface area contributed by atoms with Crippen LogP contribution in [0.25, 0.3) is 0 Å². The zero-order chi connectivity index (χ0) is 12.2. The second kappa shape index (κ2) is 5.01. The number of alkyl carbamates (subject to hydrolysis) is 1. The predicted molar refractivity (Wildman–Crippen MR) is 58.0 cm³/mol. The summed E-state index contributed by atoms with van der Waals surface area (Å²) in [6.45, 7) is 2.18. The van der Waals surface area contributed by atoms with E-state index in [2.05, 4.69) is 5.32 Å². The molecule has 7 heteroatoms. The van der Waals surface area contributed by atoms with Crippen LogP contribution in [0.3, 0.4) is 0 Å². The summed E-state index contributed by atoms with van der Waals surface area (Å²) in [5.74, 6) is 0.0846. The number of rotatable bonds is 4. The third-order valence-corrected chi connectivity index (χ3v) is 4.33. The van der Waals surface area contributed by atoms with Crippen molar-refractivity contribution in [2.45, 2.75) is 18.9 Å². The van der Waals surface area contributed by atoms with Crippen LogP contribution in [0.1, 0.15) is 13.3 Å². The van der Waals surface area contributed by atoms with Gasteiger partial charge in [-0.1, -0.05) is 0 Å². The van der Waals surface area contributed by atoms with Crippen molar-refractivity contribution in [2.24, 2.45) is 0 Å². The summed E-state index contributed by atoms with van der Waals surface area (Å²) in [5.41, 5.74) is -0.705. The van der Waals surface area contributed by atoms with Gasteiger partial charge in [0, 0.05) is 7.11 Å². The molecule has 1 aliphatic rings. The van der Waals surface area contributed by atoms with E-state index in [9.17, 15) is 13.2 Å². The summed E-state index contributed by atoms with van der Waals surface area (Å²) in [7, 11) is -1.51. The Morgan fingerprint density at radius 2 is 2.12 bits per heavy atom. The van der Waals surface area contributed by atoms with Gasteiger partial charge in [-0.25, -0.2) is 13.2 Å². The number of ether oxygens (including phenoxy) is 2. The molecular formula is C9H17NO5S. The molecule has 0 saturated carbocycles. The molecule has 1 aliphatic heterocycles. The SMILES string of the molecule is COCCOC(=O)NC1(C)CCS(=O)(=O)C1. The number of hydrogen-bond donors (Lipinski definition) is 1. The lowest BCUT2D eigenvalue weighted by Crippen LogP contribution is -2.47. The number of carbonyl (C=O) groups is 1. The lowest BCUT2D eigenvalue weighted by Gasteiger charge is -2.23. The molecule has 0 aromatic heterocycles. The fraction of sp³-hybridized carbons (Fsp3) is 0.889. The van der Waals surface area contributed by atoms with Gasteiger partial charge >= 0.3 is 6.09 Å². The quantitative estimate of drug-likeness (QED) is 0.708. The summed E-state index contributed by atoms with van der Waals surface area (Å²) < 4.78 is 32.1. The van der Waals surface area contributed by atoms with Crippen molar-refractivity contribution in [1.82, 2.24) is 5.32 Å². The van der Waals surface area contributed by atoms with Crippen LogP contribution in [0.5, 0.6) is 0 Å². The molecule has 1 fully saturated rings. The van der Waals surface area contributed by atoms with Gasteiger partial charge in [0.05, 0.1) is 23.7 Å². The van der Waals surface area contributed by atoms with Gasteiger partial charge in [0.1, 0.15) is 6.61 Å². The molecule has 0 aromatic rings. The first-order chi connectivity index (χ1) is 7.37. The Hall–Kier alpha value is -0.820. The standard InChI is InChI=1S/C9H17NO5S/c1-9(3-6-16(12,13)7-9)10-8(11)15-5-4-14-2/h3-7H2,1-2H3,(H,10,11). The van der Waals surface area contributed by atoms with Crippen LogP contribution in [0.2, 0.25) is 0 Å². The van der Waals surface area contributed by atoms with Crippen molar-refractivity contribution >= 4 is 15.9 Å². The van der Waals surface area contributed by atoms with Gasteiger partial charge < -0.3 is 14.8 Å². The Morgan fingerprint density at radius 3 is 2.62 bits per heavy atom. The second-order valence-corrected chi connectivity index (χ2v) is 6.34. The Morgan fingerprint density at radius 1 is 1.44 bits per heavy atom. The Kier molecular flexibility index (Phi) is 4.15. The molecule has 1 unspecified atom stereocenters. The molecule has 0 spiro atoms. The highest BCUT2D eigenvalue weighted by Gasteiger charge is 2.39. The number of sulfone groups is 1. The molecule has 94 valence electrons. The largest absolute Gasteiger partial charge is 0.447 e. The van der Waals surface area contributed by atoms with Crippen LogP contribution in [-0.2, 0) is 19.3 Å². The molecule has 1 atom stereocenters. The Labute approximate surface area is 95.2 Å². The highest BCUT2D eigenvalue weighted by molar-refractivity contribution is 7.91. The number of amides is 1. The molecule has 1 rings (SSSR count). The van der Waals surface area contributed by atoms with E-state index in [0.717, 1.165) is 0 Å². The second-order valence-electron chi connectivity index (χ2n) is 4.16. The van der Waals surface area contributed by atoms with Crippen molar-refractivity contribution < 1.29 is 22.7 Å². The predicted octanol–water partition coefficient (Wildman–Crippen LogP) is -0.0638. The first-order valence-corrected chi connectivity index (χ1v) is 6.83. The monoisotopic (exact) mass is 251 g/mol. The Bertz CT molecular complexity index is 353. The van der Waals surface area contributed by atoms with Gasteiger partial charge in [0.15, 0.2) is 9.84 Å². The molecule has 0 bridgehead atoms. The molecule has 0 radical (unpaired) electrons. The summed E-state index contributed by atoms with van der Waals surface area (Å²) >= 11 is 0. The van der Waals surface area contributed by atoms with Gasteiger partial charge in [-0.15, -0.1) is 0 Å². The molecule has 1 N–H and O–H groups in total. The van der Waals surface area contributed by atoms with E-state index in [4.69, 9.17) is 9.47 Å². The normalized spacial score (nSPS) is 27.6. The maximum Gasteiger partial charge on any atom is 0.407 e. The third kappa shape index (κ3) is 3.97. The van der Waals surface area contributed by atoms with Crippen molar-refractivity contribution in [2.75, 3.05) is 31.8 Å². The van der Waals surface area contributed by atoms with E-state index >= 15 is 0 Å². The number of nitrogens with one attached hydrogen (secondary N) is 1. The first-order valence-electron chi connectivity index (χ1n) is 5.01. The molecule has 1 heterocycles. The van der Waals surface area contributed by atoms with E-state index in [1.54, 1.807) is 6.92 Å². The summed E-state index contributed by atoms with van der Waals surface area (Å²) in [4.78, 5) is 11.3. The van der Waals surface area contributed by atoms with E-state index in [1.807, 2.05) is 0 Å². The van der Waals surface area contributed by atoms with Crippen molar-refractivity contribution in [3.05, 3.63) is 0 Å². The van der Waals surface area contributed by atoms with Crippen LogP contribution >= 0.6 is 0 Å². The fourth-order valence-corrected chi connectivity index (χ4v) is 3.70. The molecule has 0 aromatic carbocycles. The van der Waals surface area contributed by atoms with Gasteiger partial charge in [-0.3, -0.25) is 0 Å². The topological polar surface area (TPSA) is 81.7 Å². The lowest BCUT2D eigenvalue weighted by atomic mass is 10.0. The molecule has 1 amide bonds. The molecular weight excluding hydrogens is 234 g/mol. The average Bonchev–Trinajstić information content (AvgIpc) is 2.40. The lowest BCUT2D eigenvalue weighted by molar-refractivity contribution is 0.0935. The van der Waals surface area contributed by atoms with E-state index in [1.165, 1.54) is 7.11 Å². The van der Waals surface area contributed by atoms with Crippen LogP contribution < -0.4 is 5.32 Å². The maximum absolute atomic E-state index is 11.3. The zero-order valence-electron chi connectivity index (χ0n) is 9.49. The average molecular weight is 251 g/mol. The number of carbonyl (C=O) groups excluding carboxylic acids is 1. The zero-order valence-corrected chi connectivity index (χ0v) is 10.3. The number of hydrogen-bond acceptors (Lipinski definition) is 5. The summed E-state index contributed by atoms with van der Waals surface area (Å²) in [5, 5.41) is 2.57. The van der Waals surface area contributed by atoms with Crippen LogP contribution in [0.4, 0.5) is 4.79 Å². The van der Waals surface area contributed by atoms with Crippen molar-refractivity contribution in [3.63, 3.8) is 0 Å². The first kappa shape index (κ1) is 13.2. The van der Waals surface area contributed by atoms with Gasteiger partial charge in [0.2, 0.25) is 0 Å². The van der Waals surface area contributed by atoms with Gasteiger partial charge in [-0.05, 0) is 13.3 Å². The molecule has 6 nitrogen and oxygen atoms in total. The van der Waals surface area contributed by atoms with Crippen LogP contribution in [0, 0.1) is 0 Å². The van der Waals surface area contributed by atoms with Crippen molar-refractivity contribution in [1.29, 1.82) is 0 Å². The minimum Gasteiger partial charge on any atom is -0.447 e. The number of methoxy groups -OCH3 is 1. The van der Waals surface area contributed by atoms with Crippen LogP contribution in [0.15, 0.2) is 0 Å². The summed E-state index contributed by atoms with van der Waals surface area (Å²) in [6, 6.07) is 0. The molecule has 1 saturated heterocycles. The minimum absolute atomic E-state index is 0.0284. The summed E-state index contributed by atoms with van der Waals surface area (Å²) in [6.07, 6.45) is -0.175. The molecule has 16 heavy (non-hydrogen) atoms.